The van der Waals surface area contributed by atoms with Gasteiger partial charge in [0.15, 0.2) is 11.5 Å². The molecule has 2 aromatic rings. The minimum absolute atomic E-state index is 0.0367. The summed E-state index contributed by atoms with van der Waals surface area (Å²) in [7, 11) is 0. The lowest BCUT2D eigenvalue weighted by molar-refractivity contribution is -0.384. The SMILES string of the molecule is O=C(CNC(=O)C(F)(F)Oc1ccccc1Oc1ccc([N+](=O)[O-])cc1)NC1CC1. The zero-order valence-electron chi connectivity index (χ0n) is 15.5. The zero-order valence-corrected chi connectivity index (χ0v) is 15.5. The van der Waals surface area contributed by atoms with E-state index in [9.17, 15) is 28.5 Å². The number of non-ortho nitro benzene ring substituents is 1. The Morgan fingerprint density at radius 3 is 2.33 bits per heavy atom. The number of alkyl halides is 2. The fraction of sp³-hybridized carbons (Fsp3) is 0.263. The van der Waals surface area contributed by atoms with Crippen molar-refractivity contribution >= 4 is 17.5 Å². The fourth-order valence-electron chi connectivity index (χ4n) is 2.34. The average Bonchev–Trinajstić information content (AvgIpc) is 3.51. The van der Waals surface area contributed by atoms with Crippen LogP contribution in [0.2, 0.25) is 0 Å². The van der Waals surface area contributed by atoms with Crippen LogP contribution < -0.4 is 20.1 Å². The number of hydrogen-bond donors (Lipinski definition) is 2. The molecular formula is C19H17F2N3O6. The van der Waals surface area contributed by atoms with Gasteiger partial charge in [0.2, 0.25) is 5.91 Å². The number of ether oxygens (including phenoxy) is 2. The zero-order chi connectivity index (χ0) is 21.7. The minimum atomic E-state index is -4.27. The molecule has 2 N–H and O–H groups in total. The molecule has 30 heavy (non-hydrogen) atoms. The van der Waals surface area contributed by atoms with Crippen LogP contribution in [0.5, 0.6) is 17.2 Å². The van der Waals surface area contributed by atoms with Crippen molar-refractivity contribution < 1.29 is 32.8 Å². The summed E-state index contributed by atoms with van der Waals surface area (Å²) in [4.78, 5) is 33.4. The lowest BCUT2D eigenvalue weighted by Gasteiger charge is -2.19. The monoisotopic (exact) mass is 421 g/mol. The van der Waals surface area contributed by atoms with E-state index in [-0.39, 0.29) is 23.2 Å². The van der Waals surface area contributed by atoms with Gasteiger partial charge < -0.3 is 20.1 Å². The molecule has 0 aromatic heterocycles. The summed E-state index contributed by atoms with van der Waals surface area (Å²) in [5.74, 6) is -2.77. The molecule has 3 rings (SSSR count). The van der Waals surface area contributed by atoms with Crippen LogP contribution in [0.25, 0.3) is 0 Å². The summed E-state index contributed by atoms with van der Waals surface area (Å²) in [5, 5.41) is 15.1. The quantitative estimate of drug-likeness (QED) is 0.475. The Morgan fingerprint density at radius 2 is 1.73 bits per heavy atom. The topological polar surface area (TPSA) is 120 Å². The third-order valence-corrected chi connectivity index (χ3v) is 3.98. The number of hydrogen-bond acceptors (Lipinski definition) is 6. The smallest absolute Gasteiger partial charge is 0.453 e. The van der Waals surface area contributed by atoms with Crippen molar-refractivity contribution in [2.75, 3.05) is 6.54 Å². The molecule has 0 radical (unpaired) electrons. The maximum Gasteiger partial charge on any atom is 0.482 e. The normalized spacial score (nSPS) is 13.3. The minimum Gasteiger partial charge on any atom is -0.453 e. The summed E-state index contributed by atoms with van der Waals surface area (Å²) < 4.78 is 38.4. The van der Waals surface area contributed by atoms with Gasteiger partial charge in [0.25, 0.3) is 5.69 Å². The first-order chi connectivity index (χ1) is 14.2. The van der Waals surface area contributed by atoms with Gasteiger partial charge in [0.05, 0.1) is 11.5 Å². The molecule has 0 atom stereocenters. The molecule has 1 fully saturated rings. The molecule has 2 aromatic carbocycles. The highest BCUT2D eigenvalue weighted by Gasteiger charge is 2.43. The van der Waals surface area contributed by atoms with Gasteiger partial charge in [-0.2, -0.15) is 8.78 Å². The lowest BCUT2D eigenvalue weighted by Crippen LogP contribution is -2.47. The van der Waals surface area contributed by atoms with E-state index in [2.05, 4.69) is 10.1 Å². The number of nitro benzene ring substituents is 1. The van der Waals surface area contributed by atoms with E-state index in [1.807, 2.05) is 5.32 Å². The summed E-state index contributed by atoms with van der Waals surface area (Å²) in [6.07, 6.45) is -2.62. The average molecular weight is 421 g/mol. The first kappa shape index (κ1) is 21.0. The van der Waals surface area contributed by atoms with Crippen molar-refractivity contribution in [2.24, 2.45) is 0 Å². The van der Waals surface area contributed by atoms with Crippen molar-refractivity contribution in [3.63, 3.8) is 0 Å². The number of amides is 2. The summed E-state index contributed by atoms with van der Waals surface area (Å²) >= 11 is 0. The maximum absolute atomic E-state index is 14.2. The summed E-state index contributed by atoms with van der Waals surface area (Å²) in [6, 6.07) is 10.4. The van der Waals surface area contributed by atoms with Gasteiger partial charge in [-0.25, -0.2) is 0 Å². The van der Waals surface area contributed by atoms with E-state index in [0.29, 0.717) is 0 Å². The van der Waals surface area contributed by atoms with Crippen molar-refractivity contribution in [3.05, 3.63) is 58.6 Å². The Labute approximate surface area is 169 Å². The largest absolute Gasteiger partial charge is 0.482 e. The Balaban J connectivity index is 1.64. The number of rotatable bonds is 9. The molecule has 9 nitrogen and oxygen atoms in total. The van der Waals surface area contributed by atoms with E-state index in [0.717, 1.165) is 12.8 Å². The number of carbonyl (C=O) groups is 2. The molecule has 0 unspecified atom stereocenters. The second-order valence-electron chi connectivity index (χ2n) is 6.44. The van der Waals surface area contributed by atoms with Gasteiger partial charge in [-0.1, -0.05) is 12.1 Å². The van der Waals surface area contributed by atoms with Crippen LogP contribution in [0.15, 0.2) is 48.5 Å². The molecule has 0 saturated heterocycles. The number of benzene rings is 2. The second kappa shape index (κ2) is 8.72. The van der Waals surface area contributed by atoms with Crippen LogP contribution in [0, 0.1) is 10.1 Å². The van der Waals surface area contributed by atoms with E-state index in [1.54, 1.807) is 0 Å². The second-order valence-corrected chi connectivity index (χ2v) is 6.44. The van der Waals surface area contributed by atoms with E-state index in [4.69, 9.17) is 4.74 Å². The number of nitrogens with zero attached hydrogens (tertiary/aromatic N) is 1. The van der Waals surface area contributed by atoms with E-state index in [1.165, 1.54) is 48.5 Å². The molecule has 1 saturated carbocycles. The van der Waals surface area contributed by atoms with Crippen LogP contribution >= 0.6 is 0 Å². The summed E-state index contributed by atoms with van der Waals surface area (Å²) in [5.41, 5.74) is -0.166. The Kier molecular flexibility index (Phi) is 6.09. The Morgan fingerprint density at radius 1 is 1.10 bits per heavy atom. The van der Waals surface area contributed by atoms with Crippen LogP contribution in [0.3, 0.4) is 0 Å². The third-order valence-electron chi connectivity index (χ3n) is 3.98. The number of nitrogens with one attached hydrogen (secondary N) is 2. The molecule has 11 heteroatoms. The van der Waals surface area contributed by atoms with Gasteiger partial charge in [-0.15, -0.1) is 0 Å². The third kappa shape index (κ3) is 5.63. The Bertz CT molecular complexity index is 948. The molecule has 1 aliphatic carbocycles. The molecule has 0 aliphatic heterocycles. The van der Waals surface area contributed by atoms with Crippen molar-refractivity contribution in [1.82, 2.24) is 10.6 Å². The van der Waals surface area contributed by atoms with Gasteiger partial charge in [0.1, 0.15) is 5.75 Å². The highest BCUT2D eigenvalue weighted by molar-refractivity contribution is 5.88. The number of para-hydroxylation sites is 2. The van der Waals surface area contributed by atoms with Gasteiger partial charge in [-0.3, -0.25) is 19.7 Å². The van der Waals surface area contributed by atoms with Crippen molar-refractivity contribution in [1.29, 1.82) is 0 Å². The van der Waals surface area contributed by atoms with E-state index < -0.39 is 35.1 Å². The molecular weight excluding hydrogens is 404 g/mol. The van der Waals surface area contributed by atoms with Crippen LogP contribution in [-0.2, 0) is 9.59 Å². The van der Waals surface area contributed by atoms with E-state index >= 15 is 0 Å². The molecule has 1 aliphatic rings. The predicted octanol–water partition coefficient (Wildman–Crippen LogP) is 2.75. The Hall–Kier alpha value is -3.76. The maximum atomic E-state index is 14.2. The van der Waals surface area contributed by atoms with Crippen molar-refractivity contribution in [3.8, 4) is 17.2 Å². The lowest BCUT2D eigenvalue weighted by atomic mass is 10.3. The molecule has 2 amide bonds. The highest BCUT2D eigenvalue weighted by atomic mass is 19.3. The molecule has 0 bridgehead atoms. The standard InChI is InChI=1S/C19H17F2N3O6/c20-19(21,18(26)22-11-17(25)23-12-5-6-12)30-16-4-2-1-3-15(16)29-14-9-7-13(8-10-14)24(27)28/h1-4,7-10,12H,5-6,11H2,(H,22,26)(H,23,25). The predicted molar refractivity (Wildman–Crippen MR) is 99.4 cm³/mol. The highest BCUT2D eigenvalue weighted by Crippen LogP contribution is 2.35. The van der Waals surface area contributed by atoms with Gasteiger partial charge in [0, 0.05) is 18.2 Å². The number of nitro groups is 1. The number of carbonyl (C=O) groups excluding carboxylic acids is 2. The first-order valence-corrected chi connectivity index (χ1v) is 8.90. The van der Waals surface area contributed by atoms with Crippen LogP contribution in [0.1, 0.15) is 12.8 Å². The van der Waals surface area contributed by atoms with Gasteiger partial charge in [-0.05, 0) is 37.1 Å². The number of halogens is 2. The van der Waals surface area contributed by atoms with Crippen molar-refractivity contribution in [2.45, 2.75) is 25.0 Å². The van der Waals surface area contributed by atoms with Gasteiger partial charge >= 0.3 is 12.0 Å². The molecule has 0 spiro atoms. The molecule has 0 heterocycles. The fourth-order valence-corrected chi connectivity index (χ4v) is 2.34. The van der Waals surface area contributed by atoms with Crippen LogP contribution in [0.4, 0.5) is 14.5 Å². The first-order valence-electron chi connectivity index (χ1n) is 8.90. The molecule has 158 valence electrons. The summed E-state index contributed by atoms with van der Waals surface area (Å²) in [6.45, 7) is -0.602. The van der Waals surface area contributed by atoms with Crippen LogP contribution in [-0.4, -0.2) is 35.4 Å².